The lowest BCUT2D eigenvalue weighted by molar-refractivity contribution is 0.789. The molecule has 0 atom stereocenters. The number of benzene rings is 1. The molecule has 1 N–H and O–H groups in total. The lowest BCUT2D eigenvalue weighted by atomic mass is 10.2. The van der Waals surface area contributed by atoms with Crippen LogP contribution < -0.4 is 4.90 Å². The van der Waals surface area contributed by atoms with Crippen LogP contribution in [0.2, 0.25) is 0 Å². The van der Waals surface area contributed by atoms with Gasteiger partial charge in [0.05, 0.1) is 16.7 Å². The summed E-state index contributed by atoms with van der Waals surface area (Å²) >= 11 is 0. The fourth-order valence-corrected chi connectivity index (χ4v) is 3.34. The number of nitrogens with one attached hydrogen (secondary N) is 1. The van der Waals surface area contributed by atoms with Crippen LogP contribution in [-0.4, -0.2) is 38.2 Å². The van der Waals surface area contributed by atoms with E-state index in [1.54, 1.807) is 0 Å². The molecule has 4 aromatic rings. The van der Waals surface area contributed by atoms with Crippen LogP contribution >= 0.6 is 0 Å². The van der Waals surface area contributed by atoms with Gasteiger partial charge < -0.3 is 9.88 Å². The third-order valence-electron chi connectivity index (χ3n) is 5.00. The minimum Gasteiger partial charge on any atom is -0.359 e. The Morgan fingerprint density at radius 1 is 1.12 bits per heavy atom. The summed E-state index contributed by atoms with van der Waals surface area (Å²) in [5, 5.41) is 4.67. The lowest BCUT2D eigenvalue weighted by Gasteiger charge is -2.20. The number of hydrogen-bond acceptors (Lipinski definition) is 4. The molecular formula is C20H24N6. The molecular weight excluding hydrogens is 324 g/mol. The fraction of sp³-hybridized carbons (Fsp3) is 0.350. The number of anilines is 1. The van der Waals surface area contributed by atoms with Crippen molar-refractivity contribution in [3.05, 3.63) is 52.6 Å². The minimum atomic E-state index is 0.840. The van der Waals surface area contributed by atoms with Gasteiger partial charge in [-0.1, -0.05) is 12.1 Å². The van der Waals surface area contributed by atoms with E-state index in [0.717, 1.165) is 58.2 Å². The van der Waals surface area contributed by atoms with E-state index < -0.39 is 0 Å². The Labute approximate surface area is 152 Å². The van der Waals surface area contributed by atoms with Crippen LogP contribution in [0.25, 0.3) is 16.7 Å². The maximum atomic E-state index is 4.76. The standard InChI is InChI=1S/C20H24N6/c1-12-7-6-8-16-19(12)23-17(22-16)9-10-25(5)18-11-13(2)21-20-14(3)15(4)24-26(18)20/h6-8,11H,9-10H2,1-5H3,(H,22,23). The average molecular weight is 348 g/mol. The number of aromatic amines is 1. The van der Waals surface area contributed by atoms with Crippen LogP contribution in [0.3, 0.4) is 0 Å². The van der Waals surface area contributed by atoms with Crippen molar-refractivity contribution in [2.75, 3.05) is 18.5 Å². The van der Waals surface area contributed by atoms with E-state index in [9.17, 15) is 0 Å². The molecule has 3 heterocycles. The molecule has 0 aliphatic heterocycles. The van der Waals surface area contributed by atoms with Gasteiger partial charge in [-0.2, -0.15) is 9.61 Å². The first-order valence-corrected chi connectivity index (χ1v) is 8.93. The van der Waals surface area contributed by atoms with Gasteiger partial charge in [-0.3, -0.25) is 0 Å². The van der Waals surface area contributed by atoms with E-state index in [1.165, 1.54) is 5.56 Å². The monoisotopic (exact) mass is 348 g/mol. The SMILES string of the molecule is Cc1cc(N(C)CCc2nc3c(C)cccc3[nH]2)n2nc(C)c(C)c2n1. The van der Waals surface area contributed by atoms with Gasteiger partial charge in [-0.05, 0) is 39.3 Å². The van der Waals surface area contributed by atoms with Crippen molar-refractivity contribution in [2.24, 2.45) is 0 Å². The summed E-state index contributed by atoms with van der Waals surface area (Å²) in [6, 6.07) is 8.32. The van der Waals surface area contributed by atoms with Crippen molar-refractivity contribution in [1.29, 1.82) is 0 Å². The summed E-state index contributed by atoms with van der Waals surface area (Å²) in [4.78, 5) is 15.1. The van der Waals surface area contributed by atoms with Crippen LogP contribution in [0.4, 0.5) is 5.82 Å². The van der Waals surface area contributed by atoms with Crippen molar-refractivity contribution in [3.8, 4) is 0 Å². The van der Waals surface area contributed by atoms with Crippen LogP contribution in [0.5, 0.6) is 0 Å². The summed E-state index contributed by atoms with van der Waals surface area (Å²) in [5.74, 6) is 2.06. The third-order valence-corrected chi connectivity index (χ3v) is 5.00. The number of nitrogens with zero attached hydrogens (tertiary/aromatic N) is 5. The largest absolute Gasteiger partial charge is 0.359 e. The predicted octanol–water partition coefficient (Wildman–Crippen LogP) is 3.52. The molecule has 26 heavy (non-hydrogen) atoms. The van der Waals surface area contributed by atoms with Gasteiger partial charge in [0.25, 0.3) is 0 Å². The van der Waals surface area contributed by atoms with E-state index in [4.69, 9.17) is 4.98 Å². The van der Waals surface area contributed by atoms with Crippen molar-refractivity contribution < 1.29 is 0 Å². The molecule has 0 radical (unpaired) electrons. The van der Waals surface area contributed by atoms with E-state index in [0.29, 0.717) is 0 Å². The minimum absolute atomic E-state index is 0.840. The fourth-order valence-electron chi connectivity index (χ4n) is 3.34. The normalized spacial score (nSPS) is 11.6. The van der Waals surface area contributed by atoms with Crippen molar-refractivity contribution in [2.45, 2.75) is 34.1 Å². The van der Waals surface area contributed by atoms with Gasteiger partial charge in [0, 0.05) is 37.3 Å². The first-order valence-electron chi connectivity index (χ1n) is 8.93. The van der Waals surface area contributed by atoms with Crippen molar-refractivity contribution >= 4 is 22.5 Å². The van der Waals surface area contributed by atoms with E-state index in [-0.39, 0.29) is 0 Å². The zero-order chi connectivity index (χ0) is 18.4. The molecule has 0 spiro atoms. The Morgan fingerprint density at radius 3 is 2.69 bits per heavy atom. The summed E-state index contributed by atoms with van der Waals surface area (Å²) in [6.07, 6.45) is 0.840. The smallest absolute Gasteiger partial charge is 0.160 e. The first-order chi connectivity index (χ1) is 12.4. The summed E-state index contributed by atoms with van der Waals surface area (Å²) in [5.41, 5.74) is 7.45. The molecule has 0 aliphatic rings. The Hall–Kier alpha value is -2.89. The highest BCUT2D eigenvalue weighted by molar-refractivity contribution is 5.78. The maximum Gasteiger partial charge on any atom is 0.160 e. The number of likely N-dealkylation sites (N-methyl/N-ethyl adjacent to an activating group) is 1. The topological polar surface area (TPSA) is 62.1 Å². The first kappa shape index (κ1) is 16.6. The molecule has 1 aromatic carbocycles. The molecule has 0 aliphatic carbocycles. The third kappa shape index (κ3) is 2.71. The van der Waals surface area contributed by atoms with Crippen LogP contribution in [0.15, 0.2) is 24.3 Å². The molecule has 4 rings (SSSR count). The Bertz CT molecular complexity index is 1100. The van der Waals surface area contributed by atoms with Crippen LogP contribution in [0.1, 0.15) is 28.3 Å². The van der Waals surface area contributed by atoms with Gasteiger partial charge >= 0.3 is 0 Å². The number of aromatic nitrogens is 5. The van der Waals surface area contributed by atoms with Gasteiger partial charge in [-0.25, -0.2) is 9.97 Å². The van der Waals surface area contributed by atoms with Crippen LogP contribution in [-0.2, 0) is 6.42 Å². The number of aryl methyl sites for hydroxylation is 4. The summed E-state index contributed by atoms with van der Waals surface area (Å²) in [6.45, 7) is 9.07. The number of para-hydroxylation sites is 1. The van der Waals surface area contributed by atoms with Gasteiger partial charge in [0.15, 0.2) is 5.65 Å². The second kappa shape index (κ2) is 6.12. The zero-order valence-corrected chi connectivity index (χ0v) is 16.0. The van der Waals surface area contributed by atoms with E-state index in [1.807, 2.05) is 18.4 Å². The summed E-state index contributed by atoms with van der Waals surface area (Å²) in [7, 11) is 2.09. The van der Waals surface area contributed by atoms with Crippen molar-refractivity contribution in [1.82, 2.24) is 24.6 Å². The molecule has 0 saturated heterocycles. The molecule has 0 fully saturated rings. The van der Waals surface area contributed by atoms with Gasteiger partial charge in [-0.15, -0.1) is 0 Å². The predicted molar refractivity (Wildman–Crippen MR) is 105 cm³/mol. The Balaban J connectivity index is 1.62. The molecule has 6 heteroatoms. The van der Waals surface area contributed by atoms with Gasteiger partial charge in [0.1, 0.15) is 11.6 Å². The lowest BCUT2D eigenvalue weighted by Crippen LogP contribution is -2.23. The van der Waals surface area contributed by atoms with Crippen molar-refractivity contribution in [3.63, 3.8) is 0 Å². The second-order valence-electron chi connectivity index (χ2n) is 7.03. The number of fused-ring (bicyclic) bond motifs is 2. The molecule has 0 saturated carbocycles. The highest BCUT2D eigenvalue weighted by Crippen LogP contribution is 2.21. The average Bonchev–Trinajstić information content (AvgIpc) is 3.15. The molecule has 6 nitrogen and oxygen atoms in total. The molecule has 134 valence electrons. The zero-order valence-electron chi connectivity index (χ0n) is 16.0. The molecule has 0 amide bonds. The van der Waals surface area contributed by atoms with E-state index >= 15 is 0 Å². The van der Waals surface area contributed by atoms with Crippen LogP contribution in [0, 0.1) is 27.7 Å². The maximum absolute atomic E-state index is 4.76. The number of imidazole rings is 1. The highest BCUT2D eigenvalue weighted by atomic mass is 15.3. The number of H-pyrrole nitrogens is 1. The molecule has 0 unspecified atom stereocenters. The molecule has 3 aromatic heterocycles. The van der Waals surface area contributed by atoms with Gasteiger partial charge in [0.2, 0.25) is 0 Å². The summed E-state index contributed by atoms with van der Waals surface area (Å²) < 4.78 is 1.94. The second-order valence-corrected chi connectivity index (χ2v) is 7.03. The number of rotatable bonds is 4. The Kier molecular flexibility index (Phi) is 3.90. The Morgan fingerprint density at radius 2 is 1.92 bits per heavy atom. The quantitative estimate of drug-likeness (QED) is 0.613. The molecule has 0 bridgehead atoms. The number of hydrogen-bond donors (Lipinski definition) is 1. The highest BCUT2D eigenvalue weighted by Gasteiger charge is 2.14. The van der Waals surface area contributed by atoms with E-state index in [2.05, 4.69) is 65.1 Å².